The van der Waals surface area contributed by atoms with Gasteiger partial charge in [-0.3, -0.25) is 14.4 Å². The lowest BCUT2D eigenvalue weighted by atomic mass is 10.2. The van der Waals surface area contributed by atoms with Crippen LogP contribution < -0.4 is 10.2 Å². The zero-order valence-corrected chi connectivity index (χ0v) is 16.2. The van der Waals surface area contributed by atoms with E-state index in [1.807, 2.05) is 36.4 Å². The number of nitrogens with one attached hydrogen (secondary N) is 1. The van der Waals surface area contributed by atoms with Crippen molar-refractivity contribution in [3.05, 3.63) is 54.6 Å². The molecular formula is C21H22N2O4S. The van der Waals surface area contributed by atoms with Crippen LogP contribution in [0.2, 0.25) is 0 Å². The number of nitrogens with zero attached hydrogens (tertiary/aromatic N) is 1. The Bertz CT molecular complexity index is 841. The fourth-order valence-electron chi connectivity index (χ4n) is 2.89. The first kappa shape index (κ1) is 19.9. The number of rotatable bonds is 8. The molecule has 0 atom stereocenters. The van der Waals surface area contributed by atoms with Gasteiger partial charge in [-0.05, 0) is 30.7 Å². The maximum absolute atomic E-state index is 12.2. The van der Waals surface area contributed by atoms with E-state index in [0.29, 0.717) is 30.1 Å². The number of amides is 2. The molecule has 2 amide bonds. The zero-order valence-electron chi connectivity index (χ0n) is 15.4. The second kappa shape index (κ2) is 9.94. The van der Waals surface area contributed by atoms with Crippen molar-refractivity contribution >= 4 is 40.9 Å². The molecular weight excluding hydrogens is 376 g/mol. The van der Waals surface area contributed by atoms with Crippen LogP contribution in [-0.2, 0) is 19.1 Å². The molecule has 1 aliphatic rings. The number of hydrogen-bond donors (Lipinski definition) is 1. The molecule has 0 bridgehead atoms. The minimum atomic E-state index is -0.428. The number of esters is 1. The van der Waals surface area contributed by atoms with Crippen molar-refractivity contribution in [3.63, 3.8) is 0 Å². The van der Waals surface area contributed by atoms with Crippen LogP contribution in [0.15, 0.2) is 59.5 Å². The van der Waals surface area contributed by atoms with Gasteiger partial charge in [0.15, 0.2) is 6.61 Å². The number of anilines is 2. The Kier molecular flexibility index (Phi) is 7.08. The van der Waals surface area contributed by atoms with Gasteiger partial charge < -0.3 is 15.0 Å². The number of hydrogen-bond acceptors (Lipinski definition) is 5. The van der Waals surface area contributed by atoms with Gasteiger partial charge in [0.1, 0.15) is 0 Å². The SMILES string of the molecule is O=C(COC(=O)CCSc1ccccc1)Nc1ccccc1N1CCCC1=O. The van der Waals surface area contributed by atoms with Gasteiger partial charge in [-0.15, -0.1) is 11.8 Å². The second-order valence-corrected chi connectivity index (χ2v) is 7.45. The van der Waals surface area contributed by atoms with Gasteiger partial charge in [0.2, 0.25) is 5.91 Å². The second-order valence-electron chi connectivity index (χ2n) is 6.29. The monoisotopic (exact) mass is 398 g/mol. The first-order valence-corrected chi connectivity index (χ1v) is 10.1. The highest BCUT2D eigenvalue weighted by Crippen LogP contribution is 2.29. The number of ether oxygens (including phenoxy) is 1. The largest absolute Gasteiger partial charge is 0.456 e. The van der Waals surface area contributed by atoms with E-state index in [-0.39, 0.29) is 18.9 Å². The fourth-order valence-corrected chi connectivity index (χ4v) is 3.75. The van der Waals surface area contributed by atoms with Crippen LogP contribution in [0.4, 0.5) is 11.4 Å². The van der Waals surface area contributed by atoms with Crippen molar-refractivity contribution in [2.75, 3.05) is 29.1 Å². The predicted octanol–water partition coefficient (Wildman–Crippen LogP) is 3.48. The van der Waals surface area contributed by atoms with Crippen molar-refractivity contribution in [1.82, 2.24) is 0 Å². The Hall–Kier alpha value is -2.80. The van der Waals surface area contributed by atoms with E-state index in [0.717, 1.165) is 11.3 Å². The molecule has 0 aliphatic carbocycles. The smallest absolute Gasteiger partial charge is 0.307 e. The number of carbonyl (C=O) groups is 3. The van der Waals surface area contributed by atoms with Crippen molar-refractivity contribution in [2.45, 2.75) is 24.2 Å². The molecule has 146 valence electrons. The molecule has 0 spiro atoms. The van der Waals surface area contributed by atoms with Crippen molar-refractivity contribution in [2.24, 2.45) is 0 Å². The molecule has 0 aromatic heterocycles. The molecule has 1 N–H and O–H groups in total. The molecule has 1 heterocycles. The number of carbonyl (C=O) groups excluding carboxylic acids is 3. The number of para-hydroxylation sites is 2. The van der Waals surface area contributed by atoms with Gasteiger partial charge in [0.25, 0.3) is 5.91 Å². The molecule has 0 radical (unpaired) electrons. The standard InChI is InChI=1S/C21H22N2O4S/c24-19(15-27-21(26)12-14-28-16-7-2-1-3-8-16)22-17-9-4-5-10-18(17)23-13-6-11-20(23)25/h1-5,7-10H,6,11-15H2,(H,22,24). The third-order valence-corrected chi connectivity index (χ3v) is 5.24. The number of benzene rings is 2. The lowest BCUT2D eigenvalue weighted by Gasteiger charge is -2.19. The van der Waals surface area contributed by atoms with Crippen LogP contribution in [0, 0.1) is 0 Å². The van der Waals surface area contributed by atoms with E-state index < -0.39 is 11.9 Å². The Labute approximate surface area is 168 Å². The molecule has 6 nitrogen and oxygen atoms in total. The van der Waals surface area contributed by atoms with Crippen LogP contribution in [0.5, 0.6) is 0 Å². The summed E-state index contributed by atoms with van der Waals surface area (Å²) in [4.78, 5) is 38.7. The molecule has 7 heteroatoms. The number of thioether (sulfide) groups is 1. The third kappa shape index (κ3) is 5.60. The van der Waals surface area contributed by atoms with E-state index >= 15 is 0 Å². The van der Waals surface area contributed by atoms with Gasteiger partial charge in [0.05, 0.1) is 17.8 Å². The van der Waals surface area contributed by atoms with Gasteiger partial charge in [-0.25, -0.2) is 0 Å². The zero-order chi connectivity index (χ0) is 19.8. The van der Waals surface area contributed by atoms with Gasteiger partial charge in [-0.1, -0.05) is 30.3 Å². The van der Waals surface area contributed by atoms with Crippen molar-refractivity contribution in [3.8, 4) is 0 Å². The van der Waals surface area contributed by atoms with Crippen molar-refractivity contribution in [1.29, 1.82) is 0 Å². The fraction of sp³-hybridized carbons (Fsp3) is 0.286. The Morgan fingerprint density at radius 3 is 2.57 bits per heavy atom. The van der Waals surface area contributed by atoms with E-state index in [1.54, 1.807) is 34.9 Å². The normalized spacial score (nSPS) is 13.4. The highest BCUT2D eigenvalue weighted by Gasteiger charge is 2.24. The predicted molar refractivity (Wildman–Crippen MR) is 109 cm³/mol. The van der Waals surface area contributed by atoms with Crippen LogP contribution in [-0.4, -0.2) is 36.7 Å². The topological polar surface area (TPSA) is 75.7 Å². The van der Waals surface area contributed by atoms with Gasteiger partial charge in [-0.2, -0.15) is 0 Å². The quantitative estimate of drug-likeness (QED) is 0.544. The average Bonchev–Trinajstić information content (AvgIpc) is 3.13. The Balaban J connectivity index is 1.44. The molecule has 1 fully saturated rings. The average molecular weight is 398 g/mol. The maximum atomic E-state index is 12.2. The summed E-state index contributed by atoms with van der Waals surface area (Å²) in [5.41, 5.74) is 1.21. The molecule has 2 aromatic carbocycles. The Morgan fingerprint density at radius 1 is 1.07 bits per heavy atom. The first-order chi connectivity index (χ1) is 13.6. The maximum Gasteiger partial charge on any atom is 0.307 e. The van der Waals surface area contributed by atoms with E-state index in [4.69, 9.17) is 4.74 Å². The summed E-state index contributed by atoms with van der Waals surface area (Å²) in [6.45, 7) is 0.289. The van der Waals surface area contributed by atoms with Crippen LogP contribution in [0.25, 0.3) is 0 Å². The molecule has 28 heavy (non-hydrogen) atoms. The summed E-state index contributed by atoms with van der Waals surface area (Å²) in [6, 6.07) is 16.9. The first-order valence-electron chi connectivity index (χ1n) is 9.16. The summed E-state index contributed by atoms with van der Waals surface area (Å²) in [5, 5.41) is 2.73. The minimum absolute atomic E-state index is 0.0454. The summed E-state index contributed by atoms with van der Waals surface area (Å²) in [6.07, 6.45) is 1.55. The summed E-state index contributed by atoms with van der Waals surface area (Å²) >= 11 is 1.56. The molecule has 0 unspecified atom stereocenters. The minimum Gasteiger partial charge on any atom is -0.456 e. The van der Waals surface area contributed by atoms with Gasteiger partial charge in [0, 0.05) is 23.6 Å². The lowest BCUT2D eigenvalue weighted by Crippen LogP contribution is -2.27. The Morgan fingerprint density at radius 2 is 1.82 bits per heavy atom. The van der Waals surface area contributed by atoms with Crippen LogP contribution in [0.1, 0.15) is 19.3 Å². The third-order valence-electron chi connectivity index (χ3n) is 4.22. The van der Waals surface area contributed by atoms with E-state index in [2.05, 4.69) is 5.32 Å². The van der Waals surface area contributed by atoms with E-state index in [9.17, 15) is 14.4 Å². The summed E-state index contributed by atoms with van der Waals surface area (Å²) < 4.78 is 5.06. The molecule has 1 saturated heterocycles. The highest BCUT2D eigenvalue weighted by atomic mass is 32.2. The van der Waals surface area contributed by atoms with Gasteiger partial charge >= 0.3 is 5.97 Å². The molecule has 2 aromatic rings. The summed E-state index contributed by atoms with van der Waals surface area (Å²) in [7, 11) is 0. The molecule has 3 rings (SSSR count). The van der Waals surface area contributed by atoms with Crippen molar-refractivity contribution < 1.29 is 19.1 Å². The van der Waals surface area contributed by atoms with Crippen LogP contribution >= 0.6 is 11.8 Å². The van der Waals surface area contributed by atoms with E-state index in [1.165, 1.54) is 0 Å². The molecule has 1 aliphatic heterocycles. The summed E-state index contributed by atoms with van der Waals surface area (Å²) in [5.74, 6) is -0.210. The van der Waals surface area contributed by atoms with Crippen LogP contribution in [0.3, 0.4) is 0 Å². The lowest BCUT2D eigenvalue weighted by molar-refractivity contribution is -0.146. The highest BCUT2D eigenvalue weighted by molar-refractivity contribution is 7.99. The molecule has 0 saturated carbocycles.